The second-order valence-corrected chi connectivity index (χ2v) is 3.91. The Hall–Kier alpha value is -1.35. The second-order valence-electron chi connectivity index (χ2n) is 3.91. The summed E-state index contributed by atoms with van der Waals surface area (Å²) in [6.45, 7) is 2.04. The first-order valence-corrected chi connectivity index (χ1v) is 5.15. The molecule has 1 aromatic rings. The summed E-state index contributed by atoms with van der Waals surface area (Å²) in [5.74, 6) is -0.150. The number of carbonyl (C=O) groups is 1. The Kier molecular flexibility index (Phi) is 2.73. The van der Waals surface area contributed by atoms with Crippen LogP contribution in [0.3, 0.4) is 0 Å². The fraction of sp³-hybridized carbons (Fsp3) is 0.417. The third-order valence-electron chi connectivity index (χ3n) is 2.79. The van der Waals surface area contributed by atoms with Crippen LogP contribution in [-0.2, 0) is 9.53 Å². The minimum Gasteiger partial charge on any atom is -0.456 e. The smallest absolute Gasteiger partial charge is 0.323 e. The average Bonchev–Trinajstić information content (AvgIpc) is 2.61. The Morgan fingerprint density at radius 2 is 2.00 bits per heavy atom. The summed E-state index contributed by atoms with van der Waals surface area (Å²) in [6, 6.07) is 7.96. The molecule has 3 nitrogen and oxygen atoms in total. The van der Waals surface area contributed by atoms with Crippen LogP contribution in [0.1, 0.15) is 23.7 Å². The summed E-state index contributed by atoms with van der Waals surface area (Å²) in [6.07, 6.45) is 0.633. The van der Waals surface area contributed by atoms with Crippen molar-refractivity contribution < 1.29 is 9.53 Å². The molecular formula is C12H15NO2. The first kappa shape index (κ1) is 10.2. The molecule has 80 valence electrons. The standard InChI is InChI=1S/C12H15NO2/c1-8-3-5-9(6-4-8)11-7-10(13-2)12(14)15-11/h3-6,10-11,13H,7H2,1-2H3. The van der Waals surface area contributed by atoms with Gasteiger partial charge in [0.2, 0.25) is 0 Å². The van der Waals surface area contributed by atoms with Gasteiger partial charge in [-0.05, 0) is 19.5 Å². The molecule has 0 radical (unpaired) electrons. The van der Waals surface area contributed by atoms with Crippen molar-refractivity contribution in [2.24, 2.45) is 0 Å². The summed E-state index contributed by atoms with van der Waals surface area (Å²) in [7, 11) is 1.78. The van der Waals surface area contributed by atoms with Gasteiger partial charge in [-0.3, -0.25) is 4.79 Å². The predicted octanol–water partition coefficient (Wildman–Crippen LogP) is 1.57. The van der Waals surface area contributed by atoms with Gasteiger partial charge in [0.15, 0.2) is 0 Å². The highest BCUT2D eigenvalue weighted by Gasteiger charge is 2.33. The lowest BCUT2D eigenvalue weighted by Gasteiger charge is -2.08. The second kappa shape index (κ2) is 4.03. The lowest BCUT2D eigenvalue weighted by atomic mass is 10.0. The van der Waals surface area contributed by atoms with E-state index in [1.807, 2.05) is 31.2 Å². The predicted molar refractivity (Wildman–Crippen MR) is 57.5 cm³/mol. The molecule has 1 heterocycles. The van der Waals surface area contributed by atoms with Crippen LogP contribution in [0, 0.1) is 6.92 Å². The van der Waals surface area contributed by atoms with Crippen molar-refractivity contribution in [3.63, 3.8) is 0 Å². The number of hydrogen-bond donors (Lipinski definition) is 1. The van der Waals surface area contributed by atoms with Gasteiger partial charge in [0.25, 0.3) is 0 Å². The minimum atomic E-state index is -0.156. The van der Waals surface area contributed by atoms with E-state index in [4.69, 9.17) is 4.74 Å². The number of ether oxygens (including phenoxy) is 1. The maximum absolute atomic E-state index is 11.4. The molecule has 1 aromatic carbocycles. The molecule has 0 amide bonds. The van der Waals surface area contributed by atoms with Gasteiger partial charge in [-0.15, -0.1) is 0 Å². The van der Waals surface area contributed by atoms with Crippen molar-refractivity contribution in [3.8, 4) is 0 Å². The van der Waals surface area contributed by atoms with Crippen molar-refractivity contribution in [2.45, 2.75) is 25.5 Å². The Morgan fingerprint density at radius 1 is 1.33 bits per heavy atom. The molecule has 0 spiro atoms. The molecule has 1 aliphatic heterocycles. The fourth-order valence-corrected chi connectivity index (χ4v) is 1.80. The Bertz CT molecular complexity index is 358. The summed E-state index contributed by atoms with van der Waals surface area (Å²) >= 11 is 0. The zero-order valence-electron chi connectivity index (χ0n) is 8.99. The van der Waals surface area contributed by atoms with Crippen LogP contribution >= 0.6 is 0 Å². The van der Waals surface area contributed by atoms with E-state index in [-0.39, 0.29) is 18.1 Å². The number of esters is 1. The number of rotatable bonds is 2. The van der Waals surface area contributed by atoms with E-state index >= 15 is 0 Å². The molecule has 0 aromatic heterocycles. The maximum atomic E-state index is 11.4. The van der Waals surface area contributed by atoms with Gasteiger partial charge in [0.05, 0.1) is 0 Å². The van der Waals surface area contributed by atoms with Crippen LogP contribution < -0.4 is 5.32 Å². The SMILES string of the molecule is CNC1CC(c2ccc(C)cc2)OC1=O. The molecule has 0 bridgehead atoms. The van der Waals surface area contributed by atoms with E-state index in [2.05, 4.69) is 5.32 Å². The molecule has 0 aliphatic carbocycles. The molecule has 1 aliphatic rings. The number of likely N-dealkylation sites (N-methyl/N-ethyl adjacent to an activating group) is 1. The molecular weight excluding hydrogens is 190 g/mol. The average molecular weight is 205 g/mol. The van der Waals surface area contributed by atoms with Gasteiger partial charge in [-0.1, -0.05) is 29.8 Å². The molecule has 2 unspecified atom stereocenters. The number of aryl methyl sites for hydroxylation is 1. The highest BCUT2D eigenvalue weighted by Crippen LogP contribution is 2.29. The third kappa shape index (κ3) is 2.02. The molecule has 2 rings (SSSR count). The number of carbonyl (C=O) groups excluding carboxylic acids is 1. The van der Waals surface area contributed by atoms with Gasteiger partial charge in [-0.2, -0.15) is 0 Å². The van der Waals surface area contributed by atoms with Crippen molar-refractivity contribution in [1.82, 2.24) is 5.32 Å². The summed E-state index contributed by atoms with van der Waals surface area (Å²) in [5, 5.41) is 2.95. The zero-order chi connectivity index (χ0) is 10.8. The molecule has 15 heavy (non-hydrogen) atoms. The van der Waals surface area contributed by atoms with E-state index in [9.17, 15) is 4.79 Å². The highest BCUT2D eigenvalue weighted by atomic mass is 16.6. The molecule has 3 heteroatoms. The van der Waals surface area contributed by atoms with Crippen LogP contribution in [0.4, 0.5) is 0 Å². The van der Waals surface area contributed by atoms with Gasteiger partial charge in [0, 0.05) is 6.42 Å². The summed E-state index contributed by atoms with van der Waals surface area (Å²) < 4.78 is 5.29. The number of nitrogens with one attached hydrogen (secondary N) is 1. The van der Waals surface area contributed by atoms with E-state index < -0.39 is 0 Å². The Balaban J connectivity index is 2.13. The van der Waals surface area contributed by atoms with E-state index in [1.165, 1.54) is 5.56 Å². The number of benzene rings is 1. The lowest BCUT2D eigenvalue weighted by molar-refractivity contribution is -0.143. The Labute approximate surface area is 89.4 Å². The van der Waals surface area contributed by atoms with Gasteiger partial charge >= 0.3 is 5.97 Å². The fourth-order valence-electron chi connectivity index (χ4n) is 1.80. The summed E-state index contributed by atoms with van der Waals surface area (Å²) in [5.41, 5.74) is 2.29. The monoisotopic (exact) mass is 205 g/mol. The highest BCUT2D eigenvalue weighted by molar-refractivity contribution is 5.78. The minimum absolute atomic E-state index is 0.0875. The van der Waals surface area contributed by atoms with E-state index in [0.29, 0.717) is 0 Å². The normalized spacial score (nSPS) is 25.3. The molecule has 1 fully saturated rings. The van der Waals surface area contributed by atoms with Crippen LogP contribution in [-0.4, -0.2) is 19.1 Å². The van der Waals surface area contributed by atoms with Crippen LogP contribution in [0.2, 0.25) is 0 Å². The largest absolute Gasteiger partial charge is 0.456 e. The van der Waals surface area contributed by atoms with Gasteiger partial charge < -0.3 is 10.1 Å². The maximum Gasteiger partial charge on any atom is 0.323 e. The first-order chi connectivity index (χ1) is 7.20. The topological polar surface area (TPSA) is 38.3 Å². The zero-order valence-corrected chi connectivity index (χ0v) is 8.99. The van der Waals surface area contributed by atoms with E-state index in [1.54, 1.807) is 7.05 Å². The first-order valence-electron chi connectivity index (χ1n) is 5.15. The lowest BCUT2D eigenvalue weighted by Crippen LogP contribution is -2.29. The molecule has 1 N–H and O–H groups in total. The van der Waals surface area contributed by atoms with Crippen molar-refractivity contribution in [2.75, 3.05) is 7.05 Å². The van der Waals surface area contributed by atoms with Crippen LogP contribution in [0.15, 0.2) is 24.3 Å². The van der Waals surface area contributed by atoms with E-state index in [0.717, 1.165) is 12.0 Å². The van der Waals surface area contributed by atoms with Gasteiger partial charge in [0.1, 0.15) is 12.1 Å². The summed E-state index contributed by atoms with van der Waals surface area (Å²) in [4.78, 5) is 11.4. The molecule has 2 atom stereocenters. The number of hydrogen-bond acceptors (Lipinski definition) is 3. The van der Waals surface area contributed by atoms with Gasteiger partial charge in [-0.25, -0.2) is 0 Å². The third-order valence-corrected chi connectivity index (χ3v) is 2.79. The van der Waals surface area contributed by atoms with Crippen LogP contribution in [0.5, 0.6) is 0 Å². The molecule has 1 saturated heterocycles. The number of cyclic esters (lactones) is 1. The van der Waals surface area contributed by atoms with Crippen molar-refractivity contribution in [1.29, 1.82) is 0 Å². The van der Waals surface area contributed by atoms with Crippen molar-refractivity contribution >= 4 is 5.97 Å². The van der Waals surface area contributed by atoms with Crippen LogP contribution in [0.25, 0.3) is 0 Å². The quantitative estimate of drug-likeness (QED) is 0.745. The molecule has 0 saturated carbocycles. The Morgan fingerprint density at radius 3 is 2.53 bits per heavy atom. The van der Waals surface area contributed by atoms with Crippen molar-refractivity contribution in [3.05, 3.63) is 35.4 Å².